The van der Waals surface area contributed by atoms with Crippen LogP contribution in [0.5, 0.6) is 0 Å². The molecule has 1 unspecified atom stereocenters. The Morgan fingerprint density at radius 3 is 2.80 bits per heavy atom. The molecule has 0 radical (unpaired) electrons. The Hall–Kier alpha value is -0.980. The van der Waals surface area contributed by atoms with Crippen molar-refractivity contribution >= 4 is 17.2 Å². The van der Waals surface area contributed by atoms with Crippen molar-refractivity contribution in [1.29, 1.82) is 0 Å². The van der Waals surface area contributed by atoms with E-state index in [9.17, 15) is 4.79 Å². The maximum Gasteiger partial charge on any atom is 0.252 e. The molecule has 0 aromatic carbocycles. The Morgan fingerprint density at radius 1 is 1.60 bits per heavy atom. The quantitative estimate of drug-likeness (QED) is 0.870. The van der Waals surface area contributed by atoms with Gasteiger partial charge in [-0.2, -0.15) is 0 Å². The third-order valence-corrected chi connectivity index (χ3v) is 4.94. The van der Waals surface area contributed by atoms with Gasteiger partial charge in [0.25, 0.3) is 5.91 Å². The van der Waals surface area contributed by atoms with E-state index < -0.39 is 5.60 Å². The van der Waals surface area contributed by atoms with Crippen molar-refractivity contribution in [2.45, 2.75) is 44.8 Å². The van der Waals surface area contributed by atoms with Gasteiger partial charge in [-0.15, -0.1) is 11.3 Å². The van der Waals surface area contributed by atoms with Crippen LogP contribution in [0.15, 0.2) is 5.38 Å². The smallest absolute Gasteiger partial charge is 0.252 e. The zero-order chi connectivity index (χ0) is 14.6. The van der Waals surface area contributed by atoms with Gasteiger partial charge in [0.05, 0.1) is 6.04 Å². The molecular weight excluding hydrogens is 274 g/mol. The van der Waals surface area contributed by atoms with E-state index in [2.05, 4.69) is 22.5 Å². The number of nitrogens with zero attached hydrogens (tertiary/aromatic N) is 1. The summed E-state index contributed by atoms with van der Waals surface area (Å²) in [5.74, 6) is -0.0128. The molecule has 1 aromatic heterocycles. The third kappa shape index (κ3) is 3.19. The van der Waals surface area contributed by atoms with E-state index in [0.29, 0.717) is 12.8 Å². The highest BCUT2D eigenvalue weighted by Crippen LogP contribution is 2.26. The number of hydrogen-bond acceptors (Lipinski definition) is 5. The molecule has 6 heteroatoms. The Morgan fingerprint density at radius 2 is 2.30 bits per heavy atom. The fourth-order valence-corrected chi connectivity index (χ4v) is 3.45. The van der Waals surface area contributed by atoms with E-state index in [1.54, 1.807) is 18.4 Å². The Balaban J connectivity index is 2.08. The lowest BCUT2D eigenvalue weighted by Crippen LogP contribution is -2.54. The SMILES string of the molecule is CCC(NC(=O)C1(OC)CCNCC1)c1nc(C)cs1. The van der Waals surface area contributed by atoms with Crippen molar-refractivity contribution in [3.8, 4) is 0 Å². The molecule has 1 fully saturated rings. The largest absolute Gasteiger partial charge is 0.368 e. The van der Waals surface area contributed by atoms with Crippen molar-refractivity contribution in [2.75, 3.05) is 20.2 Å². The number of nitrogens with one attached hydrogen (secondary N) is 2. The van der Waals surface area contributed by atoms with Crippen LogP contribution in [0.4, 0.5) is 0 Å². The fraction of sp³-hybridized carbons (Fsp3) is 0.714. The van der Waals surface area contributed by atoms with Crippen molar-refractivity contribution in [3.05, 3.63) is 16.1 Å². The van der Waals surface area contributed by atoms with Gasteiger partial charge < -0.3 is 15.4 Å². The van der Waals surface area contributed by atoms with E-state index in [1.165, 1.54) is 0 Å². The standard InChI is InChI=1S/C14H23N3O2S/c1-4-11(12-16-10(2)9-20-12)17-13(18)14(19-3)5-7-15-8-6-14/h9,11,15H,4-8H2,1-3H3,(H,17,18). The number of ether oxygens (including phenoxy) is 1. The first-order valence-corrected chi connectivity index (χ1v) is 7.98. The minimum atomic E-state index is -0.690. The molecule has 0 bridgehead atoms. The van der Waals surface area contributed by atoms with Crippen molar-refractivity contribution in [3.63, 3.8) is 0 Å². The molecule has 112 valence electrons. The van der Waals surface area contributed by atoms with Gasteiger partial charge in [0, 0.05) is 18.2 Å². The fourth-order valence-electron chi connectivity index (χ4n) is 2.51. The van der Waals surface area contributed by atoms with E-state index in [4.69, 9.17) is 4.74 Å². The first-order chi connectivity index (χ1) is 9.61. The number of aryl methyl sites for hydroxylation is 1. The van der Waals surface area contributed by atoms with Crippen LogP contribution in [0.25, 0.3) is 0 Å². The van der Waals surface area contributed by atoms with Crippen LogP contribution in [0.3, 0.4) is 0 Å². The van der Waals surface area contributed by atoms with Gasteiger partial charge in [0.1, 0.15) is 10.6 Å². The number of aromatic nitrogens is 1. The summed E-state index contributed by atoms with van der Waals surface area (Å²) < 4.78 is 5.56. The molecule has 2 N–H and O–H groups in total. The number of methoxy groups -OCH3 is 1. The lowest BCUT2D eigenvalue weighted by Gasteiger charge is -2.35. The van der Waals surface area contributed by atoms with E-state index in [-0.39, 0.29) is 11.9 Å². The van der Waals surface area contributed by atoms with Gasteiger partial charge in [-0.1, -0.05) is 6.92 Å². The summed E-state index contributed by atoms with van der Waals surface area (Å²) in [5.41, 5.74) is 0.311. The Labute approximate surface area is 124 Å². The lowest BCUT2D eigenvalue weighted by atomic mass is 9.90. The first kappa shape index (κ1) is 15.4. The summed E-state index contributed by atoms with van der Waals surface area (Å²) >= 11 is 1.60. The maximum absolute atomic E-state index is 12.6. The summed E-state index contributed by atoms with van der Waals surface area (Å²) in [7, 11) is 1.62. The number of thiazole rings is 1. The Bertz CT molecular complexity index is 455. The summed E-state index contributed by atoms with van der Waals surface area (Å²) in [6.45, 7) is 5.66. The molecule has 1 aliphatic rings. The van der Waals surface area contributed by atoms with Gasteiger partial charge in [-0.05, 0) is 39.3 Å². The number of rotatable bonds is 5. The molecule has 5 nitrogen and oxygen atoms in total. The number of hydrogen-bond donors (Lipinski definition) is 2. The summed E-state index contributed by atoms with van der Waals surface area (Å²) in [5, 5.41) is 9.36. The van der Waals surface area contributed by atoms with Crippen LogP contribution < -0.4 is 10.6 Å². The molecule has 1 atom stereocenters. The van der Waals surface area contributed by atoms with Crippen molar-refractivity contribution in [2.24, 2.45) is 0 Å². The van der Waals surface area contributed by atoms with Crippen LogP contribution in [-0.4, -0.2) is 36.7 Å². The molecule has 1 aliphatic heterocycles. The number of amides is 1. The second-order valence-electron chi connectivity index (χ2n) is 5.21. The molecule has 0 saturated carbocycles. The normalized spacial score (nSPS) is 19.6. The lowest BCUT2D eigenvalue weighted by molar-refractivity contribution is -0.147. The summed E-state index contributed by atoms with van der Waals surface area (Å²) in [6.07, 6.45) is 2.25. The highest BCUT2D eigenvalue weighted by atomic mass is 32.1. The molecule has 2 rings (SSSR count). The van der Waals surface area contributed by atoms with Gasteiger partial charge >= 0.3 is 0 Å². The number of piperidine rings is 1. The van der Waals surface area contributed by atoms with E-state index >= 15 is 0 Å². The van der Waals surface area contributed by atoms with Crippen LogP contribution >= 0.6 is 11.3 Å². The topological polar surface area (TPSA) is 63.2 Å². The molecule has 1 aromatic rings. The van der Waals surface area contributed by atoms with Gasteiger partial charge in [-0.25, -0.2) is 4.98 Å². The van der Waals surface area contributed by atoms with E-state index in [1.807, 2.05) is 12.3 Å². The van der Waals surface area contributed by atoms with Crippen molar-refractivity contribution < 1.29 is 9.53 Å². The highest BCUT2D eigenvalue weighted by molar-refractivity contribution is 7.09. The minimum Gasteiger partial charge on any atom is -0.368 e. The Kier molecular flexibility index (Phi) is 5.12. The number of carbonyl (C=O) groups excluding carboxylic acids is 1. The summed E-state index contributed by atoms with van der Waals surface area (Å²) in [4.78, 5) is 17.1. The first-order valence-electron chi connectivity index (χ1n) is 7.10. The molecule has 0 spiro atoms. The molecule has 2 heterocycles. The van der Waals surface area contributed by atoms with Crippen LogP contribution in [0.1, 0.15) is 42.9 Å². The molecule has 20 heavy (non-hydrogen) atoms. The molecule has 1 amide bonds. The molecule has 0 aliphatic carbocycles. The van der Waals surface area contributed by atoms with Gasteiger partial charge in [0.2, 0.25) is 0 Å². The van der Waals surface area contributed by atoms with Crippen LogP contribution in [0.2, 0.25) is 0 Å². The van der Waals surface area contributed by atoms with E-state index in [0.717, 1.165) is 30.2 Å². The van der Waals surface area contributed by atoms with Gasteiger partial charge in [-0.3, -0.25) is 4.79 Å². The van der Waals surface area contributed by atoms with Crippen LogP contribution in [0, 0.1) is 6.92 Å². The molecular formula is C14H23N3O2S. The average Bonchev–Trinajstić information content (AvgIpc) is 2.91. The monoisotopic (exact) mass is 297 g/mol. The zero-order valence-electron chi connectivity index (χ0n) is 12.4. The van der Waals surface area contributed by atoms with Gasteiger partial charge in [0.15, 0.2) is 0 Å². The number of carbonyl (C=O) groups is 1. The van der Waals surface area contributed by atoms with Crippen molar-refractivity contribution in [1.82, 2.24) is 15.6 Å². The predicted molar refractivity (Wildman–Crippen MR) is 79.9 cm³/mol. The zero-order valence-corrected chi connectivity index (χ0v) is 13.2. The second kappa shape index (κ2) is 6.65. The summed E-state index contributed by atoms with van der Waals surface area (Å²) in [6, 6.07) is -0.0249. The van der Waals surface area contributed by atoms with Crippen LogP contribution in [-0.2, 0) is 9.53 Å². The minimum absolute atomic E-state index is 0.0128. The highest BCUT2D eigenvalue weighted by Gasteiger charge is 2.40. The third-order valence-electron chi connectivity index (χ3n) is 3.86. The predicted octanol–water partition coefficient (Wildman–Crippen LogP) is 1.79. The molecule has 1 saturated heterocycles. The average molecular weight is 297 g/mol. The maximum atomic E-state index is 12.6. The second-order valence-corrected chi connectivity index (χ2v) is 6.10.